The normalized spacial score (nSPS) is 15.1. The third kappa shape index (κ3) is 5.76. The van der Waals surface area contributed by atoms with Crippen LogP contribution in [0.4, 0.5) is 13.2 Å². The summed E-state index contributed by atoms with van der Waals surface area (Å²) >= 11 is -1.29. The predicted octanol–water partition coefficient (Wildman–Crippen LogP) is 3.58. The Kier molecular flexibility index (Phi) is 6.37. The van der Waals surface area contributed by atoms with E-state index >= 15 is 0 Å². The maximum Gasteiger partial charge on any atom is 0.272 e. The molecule has 0 aromatic heterocycles. The molecule has 0 heterocycles. The van der Waals surface area contributed by atoms with Crippen molar-refractivity contribution < 1.29 is 22.5 Å². The molecule has 0 saturated carbocycles. The van der Waals surface area contributed by atoms with E-state index in [1.165, 1.54) is 12.1 Å². The number of hydrogen-bond donors (Lipinski definition) is 1. The Labute approximate surface area is 126 Å². The van der Waals surface area contributed by atoms with Gasteiger partial charge in [-0.25, -0.2) is 13.2 Å². The van der Waals surface area contributed by atoms with Gasteiger partial charge in [0.15, 0.2) is 11.6 Å². The lowest BCUT2D eigenvalue weighted by Crippen LogP contribution is -2.40. The molecule has 21 heavy (non-hydrogen) atoms. The monoisotopic (exact) mass is 323 g/mol. The minimum atomic E-state index is -2.65. The smallest absolute Gasteiger partial charge is 0.272 e. The maximum absolute atomic E-state index is 13.8. The van der Waals surface area contributed by atoms with Crippen LogP contribution in [0.1, 0.15) is 39.3 Å². The topological polar surface area (TPSA) is 44.3 Å². The first-order chi connectivity index (χ1) is 9.61. The molecule has 1 rings (SSSR count). The van der Waals surface area contributed by atoms with Gasteiger partial charge in [-0.2, -0.15) is 0 Å². The number of halogens is 3. The van der Waals surface area contributed by atoms with Crippen molar-refractivity contribution in [1.29, 1.82) is 0 Å². The Balaban J connectivity index is 2.74. The molecule has 0 saturated heterocycles. The molecule has 0 aliphatic carbocycles. The predicted molar refractivity (Wildman–Crippen MR) is 77.3 cm³/mol. The average molecular weight is 323 g/mol. The first kappa shape index (κ1) is 18.1. The second kappa shape index (κ2) is 7.38. The minimum Gasteiger partial charge on any atom is -0.598 e. The van der Waals surface area contributed by atoms with Crippen LogP contribution >= 0.6 is 0 Å². The Bertz CT molecular complexity index is 466. The van der Waals surface area contributed by atoms with Crippen molar-refractivity contribution in [1.82, 2.24) is 4.72 Å². The van der Waals surface area contributed by atoms with Crippen LogP contribution in [0.15, 0.2) is 18.2 Å². The molecule has 2 atom stereocenters. The lowest BCUT2D eigenvalue weighted by atomic mass is 10.1. The van der Waals surface area contributed by atoms with E-state index in [1.807, 2.05) is 20.8 Å². The van der Waals surface area contributed by atoms with Gasteiger partial charge >= 0.3 is 0 Å². The molecule has 1 N–H and O–H groups in total. The summed E-state index contributed by atoms with van der Waals surface area (Å²) in [5.41, 5.74) is 0.564. The fourth-order valence-electron chi connectivity index (χ4n) is 1.46. The molecule has 0 bridgehead atoms. The van der Waals surface area contributed by atoms with Gasteiger partial charge in [-0.15, -0.1) is 4.72 Å². The van der Waals surface area contributed by atoms with E-state index in [-0.39, 0.29) is 11.8 Å². The van der Waals surface area contributed by atoms with E-state index in [1.54, 1.807) is 13.0 Å². The molecule has 0 amide bonds. The Hall–Kier alpha value is -0.920. The van der Waals surface area contributed by atoms with Gasteiger partial charge in [0.25, 0.3) is 6.43 Å². The Morgan fingerprint density at radius 3 is 2.43 bits per heavy atom. The zero-order chi connectivity index (χ0) is 16.2. The summed E-state index contributed by atoms with van der Waals surface area (Å²) < 4.78 is 56.9. The number of ether oxygens (including phenoxy) is 1. The fourth-order valence-corrected chi connectivity index (χ4v) is 2.27. The second-order valence-electron chi connectivity index (χ2n) is 5.61. The van der Waals surface area contributed by atoms with Crippen LogP contribution in [0.25, 0.3) is 0 Å². The highest BCUT2D eigenvalue weighted by molar-refractivity contribution is 7.90. The lowest BCUT2D eigenvalue weighted by molar-refractivity contribution is 0.0799. The quantitative estimate of drug-likeness (QED) is 0.814. The highest BCUT2D eigenvalue weighted by Crippen LogP contribution is 2.24. The summed E-state index contributed by atoms with van der Waals surface area (Å²) in [6.07, 6.45) is -2.65. The molecular weight excluding hydrogens is 303 g/mol. The molecule has 120 valence electrons. The minimum absolute atomic E-state index is 0.219. The number of hydrogen-bond acceptors (Lipinski definition) is 3. The third-order valence-corrected chi connectivity index (χ3v) is 4.34. The first-order valence-electron chi connectivity index (χ1n) is 6.49. The molecule has 0 aliphatic rings. The molecule has 0 unspecified atom stereocenters. The van der Waals surface area contributed by atoms with Crippen LogP contribution in [0.3, 0.4) is 0 Å². The van der Waals surface area contributed by atoms with Crippen molar-refractivity contribution >= 4 is 11.4 Å². The van der Waals surface area contributed by atoms with E-state index in [9.17, 15) is 17.7 Å². The molecule has 0 radical (unpaired) electrons. The van der Waals surface area contributed by atoms with Crippen molar-refractivity contribution in [3.8, 4) is 5.75 Å². The summed E-state index contributed by atoms with van der Waals surface area (Å²) in [6, 6.07) is 3.70. The number of nitrogens with one attached hydrogen (secondary N) is 1. The zero-order valence-electron chi connectivity index (χ0n) is 12.5. The molecular formula is C14H20F3NO2S. The van der Waals surface area contributed by atoms with Crippen molar-refractivity contribution in [3.63, 3.8) is 0 Å². The Morgan fingerprint density at radius 2 is 1.95 bits per heavy atom. The third-order valence-electron chi connectivity index (χ3n) is 2.66. The number of rotatable bonds is 6. The average Bonchev–Trinajstić information content (AvgIpc) is 2.35. The van der Waals surface area contributed by atoms with Crippen LogP contribution in [0.5, 0.6) is 5.75 Å². The molecule has 0 fully saturated rings. The summed E-state index contributed by atoms with van der Waals surface area (Å²) in [6.45, 7) is 6.37. The number of benzene rings is 1. The largest absolute Gasteiger partial charge is 0.598 e. The van der Waals surface area contributed by atoms with Gasteiger partial charge in [-0.05, 0) is 45.4 Å². The van der Waals surface area contributed by atoms with Crippen molar-refractivity contribution in [2.24, 2.45) is 0 Å². The lowest BCUT2D eigenvalue weighted by Gasteiger charge is -2.26. The van der Waals surface area contributed by atoms with Gasteiger partial charge in [0.05, 0.1) is 6.04 Å². The van der Waals surface area contributed by atoms with Gasteiger partial charge in [0, 0.05) is 11.4 Å². The summed E-state index contributed by atoms with van der Waals surface area (Å²) in [5, 5.41) is 0. The molecule has 0 spiro atoms. The van der Waals surface area contributed by atoms with Gasteiger partial charge in [0.2, 0.25) is 0 Å². The van der Waals surface area contributed by atoms with Gasteiger partial charge in [-0.1, -0.05) is 6.07 Å². The fraction of sp³-hybridized carbons (Fsp3) is 0.571. The summed E-state index contributed by atoms with van der Waals surface area (Å²) in [4.78, 5) is 0. The van der Waals surface area contributed by atoms with E-state index in [4.69, 9.17) is 0 Å². The van der Waals surface area contributed by atoms with E-state index in [0.717, 1.165) is 0 Å². The van der Waals surface area contributed by atoms with Crippen LogP contribution in [0, 0.1) is 5.82 Å². The van der Waals surface area contributed by atoms with Crippen LogP contribution in [0.2, 0.25) is 0 Å². The van der Waals surface area contributed by atoms with Crippen molar-refractivity contribution in [2.45, 2.75) is 44.9 Å². The second-order valence-corrected chi connectivity index (χ2v) is 7.61. The van der Waals surface area contributed by atoms with Crippen LogP contribution in [-0.2, 0) is 11.4 Å². The van der Waals surface area contributed by atoms with Crippen LogP contribution < -0.4 is 9.46 Å². The molecule has 7 heteroatoms. The highest BCUT2D eigenvalue weighted by Gasteiger charge is 2.28. The van der Waals surface area contributed by atoms with Crippen molar-refractivity contribution in [2.75, 3.05) is 6.61 Å². The summed E-state index contributed by atoms with van der Waals surface area (Å²) in [7, 11) is 0. The van der Waals surface area contributed by atoms with Gasteiger partial charge in [-0.3, -0.25) is 0 Å². The SMILES string of the molecule is C[C@@H](N[S@+]([O-])C(C)(C)C)c1ccc(OCC(F)F)c(F)c1. The van der Waals surface area contributed by atoms with Gasteiger partial charge in [0.1, 0.15) is 11.4 Å². The van der Waals surface area contributed by atoms with Crippen molar-refractivity contribution in [3.05, 3.63) is 29.6 Å². The molecule has 0 aliphatic heterocycles. The maximum atomic E-state index is 13.8. The molecule has 3 nitrogen and oxygen atoms in total. The van der Waals surface area contributed by atoms with Gasteiger partial charge < -0.3 is 9.29 Å². The van der Waals surface area contributed by atoms with E-state index in [0.29, 0.717) is 5.56 Å². The molecule has 1 aromatic carbocycles. The van der Waals surface area contributed by atoms with Crippen LogP contribution in [-0.4, -0.2) is 22.3 Å². The Morgan fingerprint density at radius 1 is 1.33 bits per heavy atom. The first-order valence-corrected chi connectivity index (χ1v) is 7.64. The zero-order valence-corrected chi connectivity index (χ0v) is 13.3. The van der Waals surface area contributed by atoms with E-state index < -0.39 is 35.0 Å². The standard InChI is InChI=1S/C14H20F3NO2S/c1-9(18-21(19)14(2,3)4)10-5-6-12(11(15)7-10)20-8-13(16)17/h5-7,9,13,18H,8H2,1-4H3/t9-,21-/m1/s1. The van der Waals surface area contributed by atoms with E-state index in [2.05, 4.69) is 9.46 Å². The summed E-state index contributed by atoms with van der Waals surface area (Å²) in [5.74, 6) is -0.938. The number of alkyl halides is 2. The highest BCUT2D eigenvalue weighted by atomic mass is 32.2. The molecule has 1 aromatic rings.